The van der Waals surface area contributed by atoms with E-state index in [1.165, 1.54) is 0 Å². The molecular weight excluding hydrogens is 345 g/mol. The summed E-state index contributed by atoms with van der Waals surface area (Å²) in [5, 5.41) is 12.6. The summed E-state index contributed by atoms with van der Waals surface area (Å²) in [6, 6.07) is 12.9. The SMILES string of the molecule is Cc1ccc(C2=CCCC(c3ccc(Cl)c(Cl)c3)=C2[N+](=O)[O-])cc1. The second kappa shape index (κ2) is 6.80. The predicted octanol–water partition coefficient (Wildman–Crippen LogP) is 6.17. The maximum absolute atomic E-state index is 11.8. The molecule has 5 heteroatoms. The first kappa shape index (κ1) is 16.7. The van der Waals surface area contributed by atoms with Crippen LogP contribution in [0.1, 0.15) is 29.5 Å². The van der Waals surface area contributed by atoms with Crippen LogP contribution in [0.25, 0.3) is 11.1 Å². The lowest BCUT2D eigenvalue weighted by Gasteiger charge is -2.17. The van der Waals surface area contributed by atoms with Crippen LogP contribution in [0, 0.1) is 17.0 Å². The monoisotopic (exact) mass is 359 g/mol. The lowest BCUT2D eigenvalue weighted by atomic mass is 9.87. The first-order chi connectivity index (χ1) is 11.5. The lowest BCUT2D eigenvalue weighted by Crippen LogP contribution is -2.09. The first-order valence-corrected chi connectivity index (χ1v) is 8.33. The Kier molecular flexibility index (Phi) is 4.74. The molecule has 1 aliphatic rings. The van der Waals surface area contributed by atoms with Crippen LogP contribution in [0.4, 0.5) is 0 Å². The predicted molar refractivity (Wildman–Crippen MR) is 98.8 cm³/mol. The van der Waals surface area contributed by atoms with Crippen LogP contribution in [0.3, 0.4) is 0 Å². The van der Waals surface area contributed by atoms with Crippen molar-refractivity contribution in [3.8, 4) is 0 Å². The highest BCUT2D eigenvalue weighted by molar-refractivity contribution is 6.42. The highest BCUT2D eigenvalue weighted by Gasteiger charge is 2.28. The number of hydrogen-bond acceptors (Lipinski definition) is 2. The summed E-state index contributed by atoms with van der Waals surface area (Å²) in [4.78, 5) is 11.5. The normalized spacial score (nSPS) is 14.5. The summed E-state index contributed by atoms with van der Waals surface area (Å²) in [5.41, 5.74) is 4.21. The molecule has 0 amide bonds. The van der Waals surface area contributed by atoms with E-state index < -0.39 is 0 Å². The summed E-state index contributed by atoms with van der Waals surface area (Å²) in [6.07, 6.45) is 3.28. The number of aryl methyl sites for hydroxylation is 1. The fraction of sp³-hybridized carbons (Fsp3) is 0.158. The van der Waals surface area contributed by atoms with E-state index in [-0.39, 0.29) is 10.6 Å². The Labute approximate surface area is 150 Å². The van der Waals surface area contributed by atoms with Crippen LogP contribution in [0.15, 0.2) is 54.2 Å². The van der Waals surface area contributed by atoms with Crippen molar-refractivity contribution in [1.29, 1.82) is 0 Å². The number of nitrogens with zero attached hydrogens (tertiary/aromatic N) is 1. The van der Waals surface area contributed by atoms with Gasteiger partial charge in [-0.05, 0) is 43.0 Å². The molecule has 3 rings (SSSR count). The molecule has 0 saturated carbocycles. The van der Waals surface area contributed by atoms with Crippen LogP contribution in [0.2, 0.25) is 10.0 Å². The summed E-state index contributed by atoms with van der Waals surface area (Å²) in [6.45, 7) is 1.99. The van der Waals surface area contributed by atoms with E-state index in [9.17, 15) is 10.1 Å². The molecule has 2 aromatic rings. The van der Waals surface area contributed by atoms with Gasteiger partial charge in [-0.2, -0.15) is 0 Å². The van der Waals surface area contributed by atoms with E-state index in [2.05, 4.69) is 0 Å². The summed E-state index contributed by atoms with van der Waals surface area (Å²) >= 11 is 12.1. The van der Waals surface area contributed by atoms with Crippen molar-refractivity contribution < 1.29 is 4.92 Å². The molecule has 0 radical (unpaired) electrons. The third-order valence-electron chi connectivity index (χ3n) is 4.10. The molecule has 3 nitrogen and oxygen atoms in total. The lowest BCUT2D eigenvalue weighted by molar-refractivity contribution is -0.416. The minimum absolute atomic E-state index is 0.142. The fourth-order valence-corrected chi connectivity index (χ4v) is 3.20. The van der Waals surface area contributed by atoms with Gasteiger partial charge in [0.25, 0.3) is 5.70 Å². The molecule has 122 valence electrons. The summed E-state index contributed by atoms with van der Waals surface area (Å²) < 4.78 is 0. The van der Waals surface area contributed by atoms with Crippen molar-refractivity contribution >= 4 is 34.3 Å². The van der Waals surface area contributed by atoms with Gasteiger partial charge in [-0.25, -0.2) is 0 Å². The van der Waals surface area contributed by atoms with E-state index in [1.54, 1.807) is 18.2 Å². The van der Waals surface area contributed by atoms with Crippen molar-refractivity contribution in [2.45, 2.75) is 19.8 Å². The first-order valence-electron chi connectivity index (χ1n) is 7.58. The van der Waals surface area contributed by atoms with Crippen molar-refractivity contribution in [1.82, 2.24) is 0 Å². The molecule has 0 spiro atoms. The number of rotatable bonds is 3. The number of halogens is 2. The Morgan fingerprint density at radius 2 is 1.67 bits per heavy atom. The molecular formula is C19H15Cl2NO2. The maximum atomic E-state index is 11.8. The van der Waals surface area contributed by atoms with Gasteiger partial charge in [0.2, 0.25) is 0 Å². The molecule has 0 unspecified atom stereocenters. The van der Waals surface area contributed by atoms with E-state index in [4.69, 9.17) is 23.2 Å². The molecule has 0 N–H and O–H groups in total. The van der Waals surface area contributed by atoms with Crippen LogP contribution >= 0.6 is 23.2 Å². The van der Waals surface area contributed by atoms with Gasteiger partial charge in [0, 0.05) is 5.57 Å². The third-order valence-corrected chi connectivity index (χ3v) is 4.84. The Morgan fingerprint density at radius 1 is 1.00 bits per heavy atom. The van der Waals surface area contributed by atoms with Gasteiger partial charge in [0.15, 0.2) is 0 Å². The molecule has 0 bridgehead atoms. The topological polar surface area (TPSA) is 43.1 Å². The zero-order valence-corrected chi connectivity index (χ0v) is 14.6. The molecule has 0 fully saturated rings. The highest BCUT2D eigenvalue weighted by Crippen LogP contribution is 2.39. The number of allylic oxidation sites excluding steroid dienone is 3. The average molecular weight is 360 g/mol. The number of benzene rings is 2. The van der Waals surface area contributed by atoms with Gasteiger partial charge in [-0.15, -0.1) is 0 Å². The maximum Gasteiger partial charge on any atom is 0.280 e. The van der Waals surface area contributed by atoms with E-state index >= 15 is 0 Å². The van der Waals surface area contributed by atoms with Crippen molar-refractivity contribution in [2.24, 2.45) is 0 Å². The molecule has 0 atom stereocenters. The largest absolute Gasteiger partial charge is 0.280 e. The molecule has 0 aliphatic heterocycles. The highest BCUT2D eigenvalue weighted by atomic mass is 35.5. The van der Waals surface area contributed by atoms with Gasteiger partial charge in [-0.1, -0.05) is 65.2 Å². The Bertz CT molecular complexity index is 867. The van der Waals surface area contributed by atoms with Crippen LogP contribution in [-0.4, -0.2) is 4.92 Å². The Hall–Kier alpha value is -2.10. The van der Waals surface area contributed by atoms with Crippen LogP contribution < -0.4 is 0 Å². The van der Waals surface area contributed by atoms with Crippen LogP contribution in [0.5, 0.6) is 0 Å². The zero-order valence-electron chi connectivity index (χ0n) is 13.1. The van der Waals surface area contributed by atoms with Gasteiger partial charge in [0.05, 0.1) is 20.5 Å². The molecule has 0 heterocycles. The van der Waals surface area contributed by atoms with Gasteiger partial charge in [-0.3, -0.25) is 10.1 Å². The number of hydrogen-bond donors (Lipinski definition) is 0. The van der Waals surface area contributed by atoms with Crippen molar-refractivity contribution in [3.05, 3.63) is 91.1 Å². The molecule has 24 heavy (non-hydrogen) atoms. The molecule has 0 aromatic heterocycles. The minimum atomic E-state index is -0.303. The number of nitro groups is 1. The molecule has 1 aliphatic carbocycles. The minimum Gasteiger partial charge on any atom is -0.258 e. The smallest absolute Gasteiger partial charge is 0.258 e. The van der Waals surface area contributed by atoms with Crippen LogP contribution in [-0.2, 0) is 0 Å². The fourth-order valence-electron chi connectivity index (χ4n) is 2.90. The zero-order chi connectivity index (χ0) is 17.3. The summed E-state index contributed by atoms with van der Waals surface area (Å²) in [7, 11) is 0. The Balaban J connectivity index is 2.16. The average Bonchev–Trinajstić information content (AvgIpc) is 2.57. The third kappa shape index (κ3) is 3.23. The van der Waals surface area contributed by atoms with Crippen molar-refractivity contribution in [3.63, 3.8) is 0 Å². The van der Waals surface area contributed by atoms with E-state index in [1.807, 2.05) is 37.3 Å². The van der Waals surface area contributed by atoms with Crippen molar-refractivity contribution in [2.75, 3.05) is 0 Å². The Morgan fingerprint density at radius 3 is 2.29 bits per heavy atom. The standard InChI is InChI=1S/C19H15Cl2NO2/c1-12-5-7-13(8-6-12)15-3-2-4-16(19(15)22(23)24)14-9-10-17(20)18(21)11-14/h3,5-11H,2,4H2,1H3. The van der Waals surface area contributed by atoms with E-state index in [0.29, 0.717) is 27.6 Å². The summed E-state index contributed by atoms with van der Waals surface area (Å²) in [5.74, 6) is 0. The molecule has 0 saturated heterocycles. The molecule has 2 aromatic carbocycles. The van der Waals surface area contributed by atoms with Gasteiger partial charge in [0.1, 0.15) is 0 Å². The second-order valence-corrected chi connectivity index (χ2v) is 6.55. The van der Waals surface area contributed by atoms with Gasteiger partial charge >= 0.3 is 0 Å². The second-order valence-electron chi connectivity index (χ2n) is 5.74. The van der Waals surface area contributed by atoms with E-state index in [0.717, 1.165) is 23.1 Å². The van der Waals surface area contributed by atoms with Gasteiger partial charge < -0.3 is 0 Å². The quantitative estimate of drug-likeness (QED) is 0.485.